The van der Waals surface area contributed by atoms with Crippen molar-refractivity contribution < 1.29 is 63.2 Å². The minimum absolute atomic E-state index is 0. The van der Waals surface area contributed by atoms with Crippen LogP contribution in [0.25, 0.3) is 10.8 Å². The van der Waals surface area contributed by atoms with E-state index in [1.807, 2.05) is 58.0 Å². The van der Waals surface area contributed by atoms with Crippen molar-refractivity contribution in [2.75, 3.05) is 46.3 Å². The fraction of sp³-hybridized carbons (Fsp3) is 0.580. The fourth-order valence-electron chi connectivity index (χ4n) is 8.62. The summed E-state index contributed by atoms with van der Waals surface area (Å²) in [6.07, 6.45) is 1.61. The number of nitrogens with zero attached hydrogens (tertiary/aromatic N) is 3. The molecule has 3 heterocycles. The van der Waals surface area contributed by atoms with E-state index in [1.165, 1.54) is 31.1 Å². The van der Waals surface area contributed by atoms with Gasteiger partial charge in [0.25, 0.3) is 0 Å². The standard InChI is InChI=1S/C35H47N5O8.C12H20N2O5.CH4.2CH3.8HI.2V/c1-20(2)29(37-34(45)47-5)32(43)39-15-7-9-26(39)28(41)18-22-11-12-24-19-25(14-13-23(24)17-22)36-31(42)27-10-8-16-40(27)33(44)30(21(3)4)38-35(46)48-6;1-7(2)9(13-12(18)19-3)10(15)14-6-4-5-8(14)11(16)17;;;;;;;;;;;;;/h11-14,17,19-21,26-27,29-30H,7-10,15-16,18H2,1-6H3,(H,36,42)(H,37,45)(H,38,46);7-9H,4-6H2,1-3H3,(H,13,18)(H,16,17);1H4;2*1H3;8*1H;;/q;;;2*-1;;;;;;;;;+3;+5/p-8/t26-,27-,29-,30-;8-,9-;;;;;;;;;;;;;/m00............./s1. The molecule has 0 saturated carbocycles. The first-order valence-corrected chi connectivity index (χ1v) is 60.2. The van der Waals surface area contributed by atoms with Crippen molar-refractivity contribution in [3.8, 4) is 0 Å². The summed E-state index contributed by atoms with van der Waals surface area (Å²) in [6, 6.07) is 6.74. The van der Waals surface area contributed by atoms with Crippen LogP contribution in [-0.2, 0) is 50.1 Å². The summed E-state index contributed by atoms with van der Waals surface area (Å²) in [7, 11) is 3.69. The molecular weight excluding hydrogens is 2020 g/mol. The van der Waals surface area contributed by atoms with Crippen LogP contribution in [0.1, 0.15) is 93.1 Å². The number of carbonyl (C=O) groups is 9. The van der Waals surface area contributed by atoms with Gasteiger partial charge in [-0.1, -0.05) is 73.2 Å². The predicted molar refractivity (Wildman–Crippen MR) is 377 cm³/mol. The number of halogens is 8. The number of likely N-dealkylation sites (tertiary alicyclic amines) is 3. The Hall–Kier alpha value is 0.539. The molecule has 30 heteroatoms. The van der Waals surface area contributed by atoms with E-state index < -0.39 is 56.3 Å². The Morgan fingerprint density at radius 2 is 0.912 bits per heavy atom. The van der Waals surface area contributed by atoms with E-state index >= 15 is 0 Å². The molecule has 20 nitrogen and oxygen atoms in total. The summed E-state index contributed by atoms with van der Waals surface area (Å²) < 4.78 is 12.2. The van der Waals surface area contributed by atoms with E-state index in [-0.39, 0.29) is 80.8 Å². The number of Topliss-reactive ketones (excluding diaryl/α,β-unsaturated/α-hetero) is 1. The molecule has 0 radical (unpaired) electrons. The summed E-state index contributed by atoms with van der Waals surface area (Å²) >= 11 is 20.1. The molecule has 0 spiro atoms. The maximum atomic E-state index is 13.5. The SMILES string of the molecule is C.COC(=O)N[C@H](C(=O)N1CCC[C@H]1C(=O)Cc1ccc2cc(NC(=O)[C@@H]3CCCN3C(=O)[C@@H](NC(=O)OC)C(C)C)ccc2c1)C(C)C.COC(=O)N[C@H](C(=O)N1CCC[C@H]1C(=O)O)C(C)C.[CH3-].[CH3-].[I][V]([I])([I])([I])[I].[I][V]([I])[I]. The van der Waals surface area contributed by atoms with E-state index in [4.69, 9.17) is 5.11 Å². The van der Waals surface area contributed by atoms with Gasteiger partial charge in [0.2, 0.25) is 23.6 Å². The van der Waals surface area contributed by atoms with Crippen LogP contribution in [0, 0.1) is 32.6 Å². The average Bonchev–Trinajstić information content (AvgIpc) is 4.15. The molecule has 3 aliphatic heterocycles. The van der Waals surface area contributed by atoms with Crippen LogP contribution >= 0.6 is 160 Å². The molecule has 2 aromatic carbocycles. The topological polar surface area (TPSA) is 259 Å². The Labute approximate surface area is 566 Å². The van der Waals surface area contributed by atoms with Crippen molar-refractivity contribution in [2.24, 2.45) is 17.8 Å². The molecule has 0 aliphatic carbocycles. The van der Waals surface area contributed by atoms with Gasteiger partial charge >= 0.3 is 185 Å². The second-order valence-electron chi connectivity index (χ2n) is 18.8. The number of rotatable bonds is 15. The molecule has 0 unspecified atom stereocenters. The van der Waals surface area contributed by atoms with Crippen molar-refractivity contribution in [3.63, 3.8) is 0 Å². The van der Waals surface area contributed by atoms with Crippen LogP contribution in [0.4, 0.5) is 20.1 Å². The third-order valence-corrected chi connectivity index (χ3v) is 12.3. The van der Waals surface area contributed by atoms with E-state index in [9.17, 15) is 43.2 Å². The second-order valence-corrected chi connectivity index (χ2v) is 172. The molecule has 3 fully saturated rings. The van der Waals surface area contributed by atoms with E-state index in [2.05, 4.69) is 195 Å². The first-order valence-electron chi connectivity index (χ1n) is 24.1. The van der Waals surface area contributed by atoms with Gasteiger partial charge in [0.05, 0.1) is 27.4 Å². The van der Waals surface area contributed by atoms with Gasteiger partial charge in [-0.2, -0.15) is 0 Å². The molecule has 5 rings (SSSR count). The third kappa shape index (κ3) is 29.5. The number of fused-ring (bicyclic) bond motifs is 1. The van der Waals surface area contributed by atoms with Gasteiger partial charge in [0.1, 0.15) is 30.2 Å². The summed E-state index contributed by atoms with van der Waals surface area (Å²) in [5, 5.41) is 21.4. The number of hydrogen-bond acceptors (Lipinski definition) is 12. The number of ether oxygens (including phenoxy) is 3. The van der Waals surface area contributed by atoms with Gasteiger partial charge in [0.15, 0.2) is 5.78 Å². The van der Waals surface area contributed by atoms with Gasteiger partial charge in [-0.3, -0.25) is 24.0 Å². The predicted octanol–water partition coefficient (Wildman–Crippen LogP) is 12.7. The second kappa shape index (κ2) is 39.4. The van der Waals surface area contributed by atoms with Crippen LogP contribution in [0.5, 0.6) is 0 Å². The van der Waals surface area contributed by atoms with Crippen LogP contribution in [0.3, 0.4) is 0 Å². The molecule has 3 saturated heterocycles. The zero-order valence-corrected chi connectivity index (χ0v) is 65.9. The van der Waals surface area contributed by atoms with Crippen LogP contribution in [0.2, 0.25) is 0 Å². The Morgan fingerprint density at radius 1 is 0.588 bits per heavy atom. The summed E-state index contributed by atoms with van der Waals surface area (Å²) in [4.78, 5) is 116. The summed E-state index contributed by atoms with van der Waals surface area (Å²) in [5.74, 6) is -2.90. The molecule has 458 valence electrons. The van der Waals surface area contributed by atoms with Gasteiger partial charge in [-0.05, 0) is 84.7 Å². The summed E-state index contributed by atoms with van der Waals surface area (Å²) in [6.45, 7) is 12.1. The quantitative estimate of drug-likeness (QED) is 0.0632. The number of anilines is 1. The number of methoxy groups -OCH3 is 3. The number of ketones is 1. The molecule has 0 aromatic heterocycles. The maximum absolute atomic E-state index is 13.5. The number of carboxylic acid groups (broad SMARTS) is 1. The third-order valence-electron chi connectivity index (χ3n) is 12.3. The van der Waals surface area contributed by atoms with E-state index in [0.717, 1.165) is 16.3 Å². The number of carbonyl (C=O) groups excluding carboxylic acids is 8. The molecule has 5 N–H and O–H groups in total. The Balaban J connectivity index is 0. The minimum atomic E-state index is -1.64. The number of carboxylic acids is 1. The van der Waals surface area contributed by atoms with Crippen molar-refractivity contribution >= 4 is 230 Å². The molecular formula is C50H77I8N7O13V2-2. The van der Waals surface area contributed by atoms with Crippen LogP contribution in [0.15, 0.2) is 36.4 Å². The van der Waals surface area contributed by atoms with Gasteiger partial charge in [-0.25, -0.2) is 19.2 Å². The normalized spacial score (nSPS) is 18.0. The summed E-state index contributed by atoms with van der Waals surface area (Å²) in [5.41, 5.74) is 1.38. The van der Waals surface area contributed by atoms with Crippen LogP contribution < -0.4 is 21.3 Å². The molecule has 2 aromatic rings. The van der Waals surface area contributed by atoms with Crippen molar-refractivity contribution in [1.82, 2.24) is 30.7 Å². The van der Waals surface area contributed by atoms with Gasteiger partial charge < -0.3 is 70.1 Å². The Kier molecular flexibility index (Phi) is 40.7. The van der Waals surface area contributed by atoms with E-state index in [0.29, 0.717) is 63.8 Å². The van der Waals surface area contributed by atoms with E-state index in [1.54, 1.807) is 24.8 Å². The molecule has 0 bridgehead atoms. The van der Waals surface area contributed by atoms with Crippen molar-refractivity contribution in [2.45, 2.75) is 130 Å². The van der Waals surface area contributed by atoms with Gasteiger partial charge in [-0.15, -0.1) is 0 Å². The monoisotopic (exact) mass is 2100 g/mol. The number of amides is 7. The molecule has 6 atom stereocenters. The van der Waals surface area contributed by atoms with Gasteiger partial charge in [0, 0.05) is 31.7 Å². The zero-order valence-electron chi connectivity index (χ0n) is 45.8. The number of alkyl carbamates (subject to hydrolysis) is 3. The molecule has 7 amide bonds. The molecule has 80 heavy (non-hydrogen) atoms. The average molecular weight is 2100 g/mol. The fourth-order valence-corrected chi connectivity index (χ4v) is 8.62. The number of nitrogens with one attached hydrogen (secondary N) is 4. The molecule has 3 aliphatic rings. The van der Waals surface area contributed by atoms with Crippen LogP contribution in [-0.4, -0.2) is 151 Å². The number of benzene rings is 2. The number of hydrogen-bond donors (Lipinski definition) is 5. The Morgan fingerprint density at radius 3 is 1.27 bits per heavy atom. The first kappa shape index (κ1) is 82.6. The number of aliphatic carboxylic acids is 1. The first-order chi connectivity index (χ1) is 35.7. The Bertz CT molecular complexity index is 2270. The van der Waals surface area contributed by atoms with Crippen molar-refractivity contribution in [3.05, 3.63) is 56.8 Å². The van der Waals surface area contributed by atoms with Crippen molar-refractivity contribution in [1.29, 1.82) is 0 Å². The zero-order chi connectivity index (χ0) is 58.7.